The van der Waals surface area contributed by atoms with Crippen LogP contribution in [0.2, 0.25) is 0 Å². The van der Waals surface area contributed by atoms with Crippen LogP contribution in [-0.4, -0.2) is 35.9 Å². The van der Waals surface area contributed by atoms with Gasteiger partial charge in [-0.2, -0.15) is 0 Å². The van der Waals surface area contributed by atoms with Crippen molar-refractivity contribution in [3.63, 3.8) is 0 Å². The van der Waals surface area contributed by atoms with E-state index in [1.54, 1.807) is 12.0 Å². The van der Waals surface area contributed by atoms with E-state index in [9.17, 15) is 9.59 Å². The number of amides is 2. The number of nitrogens with zero attached hydrogens (tertiary/aromatic N) is 1. The van der Waals surface area contributed by atoms with Crippen LogP contribution in [0.1, 0.15) is 88.3 Å². The van der Waals surface area contributed by atoms with E-state index < -0.39 is 6.04 Å². The highest BCUT2D eigenvalue weighted by Crippen LogP contribution is 2.21. The average molecular weight is 479 g/mol. The molecule has 5 nitrogen and oxygen atoms in total. The van der Waals surface area contributed by atoms with E-state index in [0.717, 1.165) is 42.6 Å². The van der Waals surface area contributed by atoms with Crippen LogP contribution in [0.15, 0.2) is 48.5 Å². The second kappa shape index (κ2) is 13.3. The molecule has 0 radical (unpaired) electrons. The molecule has 0 aromatic heterocycles. The van der Waals surface area contributed by atoms with Crippen LogP contribution in [0.4, 0.5) is 0 Å². The molecule has 0 aliphatic heterocycles. The molecular formula is C30H42N2O3. The van der Waals surface area contributed by atoms with Crippen LogP contribution in [0.3, 0.4) is 0 Å². The zero-order chi connectivity index (χ0) is 25.2. The molecular weight excluding hydrogens is 436 g/mol. The Morgan fingerprint density at radius 1 is 0.971 bits per heavy atom. The molecule has 1 saturated carbocycles. The highest BCUT2D eigenvalue weighted by molar-refractivity contribution is 5.88. The Kier molecular flexibility index (Phi) is 10.2. The summed E-state index contributed by atoms with van der Waals surface area (Å²) in [6.45, 7) is 6.76. The Morgan fingerprint density at radius 2 is 1.60 bits per heavy atom. The van der Waals surface area contributed by atoms with E-state index in [1.165, 1.54) is 12.0 Å². The monoisotopic (exact) mass is 478 g/mol. The van der Waals surface area contributed by atoms with Crippen molar-refractivity contribution in [2.75, 3.05) is 7.11 Å². The highest BCUT2D eigenvalue weighted by Gasteiger charge is 2.30. The molecule has 2 aromatic rings. The molecule has 1 aliphatic carbocycles. The maximum atomic E-state index is 13.5. The van der Waals surface area contributed by atoms with E-state index in [2.05, 4.69) is 43.4 Å². The summed E-state index contributed by atoms with van der Waals surface area (Å²) in [5.74, 6) is 1.25. The van der Waals surface area contributed by atoms with Crippen molar-refractivity contribution >= 4 is 11.8 Å². The minimum Gasteiger partial charge on any atom is -0.497 e. The van der Waals surface area contributed by atoms with Gasteiger partial charge in [0.05, 0.1) is 7.11 Å². The van der Waals surface area contributed by atoms with Crippen molar-refractivity contribution in [1.82, 2.24) is 10.2 Å². The molecule has 0 bridgehead atoms. The van der Waals surface area contributed by atoms with Gasteiger partial charge in [-0.1, -0.05) is 76.4 Å². The second-order valence-electron chi connectivity index (χ2n) is 10.0. The molecule has 35 heavy (non-hydrogen) atoms. The number of hydrogen-bond donors (Lipinski definition) is 1. The van der Waals surface area contributed by atoms with Gasteiger partial charge in [-0.25, -0.2) is 0 Å². The standard InChI is InChI=1S/C30H42N2O3/c1-5-28(30(34)31-26-9-7-6-8-10-26)32(21-24-13-18-27(35-4)19-14-24)29(33)20-15-23-11-16-25(17-12-23)22(2)3/h11-14,16-19,22,26,28H,5-10,15,20-21H2,1-4H3,(H,31,34)/t28-/m0/s1. The number of carbonyl (C=O) groups excluding carboxylic acids is 2. The number of nitrogens with one attached hydrogen (secondary N) is 1. The summed E-state index contributed by atoms with van der Waals surface area (Å²) < 4.78 is 5.28. The van der Waals surface area contributed by atoms with Gasteiger partial charge in [0, 0.05) is 19.0 Å². The second-order valence-corrected chi connectivity index (χ2v) is 10.0. The predicted octanol–water partition coefficient (Wildman–Crippen LogP) is 6.01. The summed E-state index contributed by atoms with van der Waals surface area (Å²) >= 11 is 0. The topological polar surface area (TPSA) is 58.6 Å². The Morgan fingerprint density at radius 3 is 2.17 bits per heavy atom. The molecule has 0 unspecified atom stereocenters. The van der Waals surface area contributed by atoms with Gasteiger partial charge in [0.25, 0.3) is 0 Å². The molecule has 1 fully saturated rings. The molecule has 0 saturated heterocycles. The molecule has 2 amide bonds. The molecule has 1 aliphatic rings. The smallest absolute Gasteiger partial charge is 0.243 e. The van der Waals surface area contributed by atoms with Gasteiger partial charge >= 0.3 is 0 Å². The molecule has 5 heteroatoms. The fourth-order valence-electron chi connectivity index (χ4n) is 4.86. The Bertz CT molecular complexity index is 931. The Hall–Kier alpha value is -2.82. The maximum absolute atomic E-state index is 13.5. The summed E-state index contributed by atoms with van der Waals surface area (Å²) in [4.78, 5) is 28.6. The summed E-state index contributed by atoms with van der Waals surface area (Å²) in [6, 6.07) is 16.0. The highest BCUT2D eigenvalue weighted by atomic mass is 16.5. The lowest BCUT2D eigenvalue weighted by molar-refractivity contribution is -0.141. The fourth-order valence-corrected chi connectivity index (χ4v) is 4.86. The SMILES string of the molecule is CC[C@@H](C(=O)NC1CCCCC1)N(Cc1ccc(OC)cc1)C(=O)CCc1ccc(C(C)C)cc1. The van der Waals surface area contributed by atoms with Crippen molar-refractivity contribution in [2.24, 2.45) is 0 Å². The zero-order valence-electron chi connectivity index (χ0n) is 21.9. The van der Waals surface area contributed by atoms with E-state index in [0.29, 0.717) is 31.7 Å². The number of ether oxygens (including phenoxy) is 1. The quantitative estimate of drug-likeness (QED) is 0.430. The first-order valence-electron chi connectivity index (χ1n) is 13.2. The van der Waals surface area contributed by atoms with Gasteiger partial charge < -0.3 is 15.0 Å². The number of rotatable bonds is 11. The third-order valence-corrected chi connectivity index (χ3v) is 7.12. The first-order valence-corrected chi connectivity index (χ1v) is 13.2. The van der Waals surface area contributed by atoms with Crippen molar-refractivity contribution < 1.29 is 14.3 Å². The van der Waals surface area contributed by atoms with E-state index in [1.807, 2.05) is 31.2 Å². The summed E-state index contributed by atoms with van der Waals surface area (Å²) in [6.07, 6.45) is 7.24. The minimum absolute atomic E-state index is 0.0133. The number of hydrogen-bond acceptors (Lipinski definition) is 3. The zero-order valence-corrected chi connectivity index (χ0v) is 21.9. The van der Waals surface area contributed by atoms with Crippen molar-refractivity contribution in [2.45, 2.75) is 96.7 Å². The fraction of sp³-hybridized carbons (Fsp3) is 0.533. The van der Waals surface area contributed by atoms with Gasteiger partial charge in [-0.05, 0) is 60.4 Å². The van der Waals surface area contributed by atoms with Gasteiger partial charge in [0.15, 0.2) is 0 Å². The van der Waals surface area contributed by atoms with Crippen molar-refractivity contribution in [3.05, 3.63) is 65.2 Å². The molecule has 3 rings (SSSR count). The number of aryl methyl sites for hydroxylation is 1. The van der Waals surface area contributed by atoms with Gasteiger partial charge in [-0.15, -0.1) is 0 Å². The maximum Gasteiger partial charge on any atom is 0.243 e. The first kappa shape index (κ1) is 26.8. The summed E-state index contributed by atoms with van der Waals surface area (Å²) in [5, 5.41) is 3.25. The first-order chi connectivity index (χ1) is 16.9. The van der Waals surface area contributed by atoms with E-state index >= 15 is 0 Å². The lowest BCUT2D eigenvalue weighted by Crippen LogP contribution is -2.51. The van der Waals surface area contributed by atoms with E-state index in [-0.39, 0.29) is 17.9 Å². The Balaban J connectivity index is 1.73. The molecule has 0 heterocycles. The van der Waals surface area contributed by atoms with Crippen LogP contribution in [0, 0.1) is 0 Å². The van der Waals surface area contributed by atoms with E-state index in [4.69, 9.17) is 4.74 Å². The van der Waals surface area contributed by atoms with Crippen molar-refractivity contribution in [3.8, 4) is 5.75 Å². The lowest BCUT2D eigenvalue weighted by atomic mass is 9.95. The average Bonchev–Trinajstić information content (AvgIpc) is 2.88. The van der Waals surface area contributed by atoms with Crippen LogP contribution in [0.5, 0.6) is 5.75 Å². The van der Waals surface area contributed by atoms with Crippen molar-refractivity contribution in [1.29, 1.82) is 0 Å². The molecule has 0 spiro atoms. The van der Waals surface area contributed by atoms with Crippen LogP contribution in [-0.2, 0) is 22.6 Å². The molecule has 1 atom stereocenters. The normalized spacial score (nSPS) is 15.0. The number of methoxy groups -OCH3 is 1. The third kappa shape index (κ3) is 7.84. The van der Waals surface area contributed by atoms with Crippen LogP contribution in [0.25, 0.3) is 0 Å². The Labute approximate surface area is 211 Å². The van der Waals surface area contributed by atoms with Gasteiger partial charge in [0.1, 0.15) is 11.8 Å². The minimum atomic E-state index is -0.477. The third-order valence-electron chi connectivity index (χ3n) is 7.12. The predicted molar refractivity (Wildman–Crippen MR) is 141 cm³/mol. The van der Waals surface area contributed by atoms with Crippen LogP contribution >= 0.6 is 0 Å². The summed E-state index contributed by atoms with van der Waals surface area (Å²) in [5.41, 5.74) is 3.43. The largest absolute Gasteiger partial charge is 0.497 e. The number of benzene rings is 2. The molecule has 1 N–H and O–H groups in total. The number of carbonyl (C=O) groups is 2. The van der Waals surface area contributed by atoms with Crippen LogP contribution < -0.4 is 10.1 Å². The van der Waals surface area contributed by atoms with Gasteiger partial charge in [-0.3, -0.25) is 9.59 Å². The lowest BCUT2D eigenvalue weighted by Gasteiger charge is -2.33. The summed E-state index contributed by atoms with van der Waals surface area (Å²) in [7, 11) is 1.64. The molecule has 190 valence electrons. The van der Waals surface area contributed by atoms with Gasteiger partial charge in [0.2, 0.25) is 11.8 Å². The molecule has 2 aromatic carbocycles.